The van der Waals surface area contributed by atoms with Crippen molar-refractivity contribution in [1.82, 2.24) is 4.90 Å². The van der Waals surface area contributed by atoms with Crippen LogP contribution in [-0.2, 0) is 4.74 Å². The Morgan fingerprint density at radius 3 is 2.03 bits per heavy atom. The van der Waals surface area contributed by atoms with Crippen LogP contribution >= 0.6 is 28.1 Å². The van der Waals surface area contributed by atoms with Crippen molar-refractivity contribution < 1.29 is 19.1 Å². The van der Waals surface area contributed by atoms with E-state index in [0.29, 0.717) is 22.4 Å². The third kappa shape index (κ3) is 4.32. The van der Waals surface area contributed by atoms with E-state index in [1.807, 2.05) is 6.07 Å². The summed E-state index contributed by atoms with van der Waals surface area (Å²) in [5.41, 5.74) is 1.72. The molecule has 0 atom stereocenters. The van der Waals surface area contributed by atoms with Crippen molar-refractivity contribution in [3.05, 3.63) is 100 Å². The summed E-state index contributed by atoms with van der Waals surface area (Å²) in [6, 6.07) is 22.5. The number of rotatable bonds is 5. The zero-order valence-corrected chi connectivity index (χ0v) is 19.1. The van der Waals surface area contributed by atoms with Crippen LogP contribution in [0, 0.1) is 0 Å². The van der Waals surface area contributed by atoms with E-state index >= 15 is 0 Å². The van der Waals surface area contributed by atoms with E-state index in [0.717, 1.165) is 9.37 Å². The Morgan fingerprint density at radius 1 is 0.875 bits per heavy atom. The smallest absolute Gasteiger partial charge is 0.271 e. The lowest BCUT2D eigenvalue weighted by Crippen LogP contribution is -2.39. The van der Waals surface area contributed by atoms with E-state index < -0.39 is 0 Å². The number of halogens is 1. The lowest BCUT2D eigenvalue weighted by atomic mass is 10.1. The normalized spacial score (nSPS) is 12.5. The van der Waals surface area contributed by atoms with Crippen LogP contribution in [-0.4, -0.2) is 40.9 Å². The largest absolute Gasteiger partial charge is 0.468 e. The molecule has 1 heterocycles. The number of anilines is 1. The van der Waals surface area contributed by atoms with Crippen molar-refractivity contribution in [1.29, 1.82) is 0 Å². The molecule has 8 heteroatoms. The maximum atomic E-state index is 13.2. The van der Waals surface area contributed by atoms with Crippen LogP contribution in [0.15, 0.2) is 83.3 Å². The quantitative estimate of drug-likeness (QED) is 0.369. The predicted molar refractivity (Wildman–Crippen MR) is 128 cm³/mol. The average molecular weight is 509 g/mol. The van der Waals surface area contributed by atoms with Crippen LogP contribution in [0.2, 0.25) is 0 Å². The fraction of sp³-hybridized carbons (Fsp3) is 0.0833. The first-order chi connectivity index (χ1) is 15.5. The number of nitrogens with zero attached hydrogens (tertiary/aromatic N) is 2. The minimum atomic E-state index is -0.370. The number of ether oxygens (including phenoxy) is 1. The molecule has 0 aliphatic carbocycles. The van der Waals surface area contributed by atoms with E-state index in [-0.39, 0.29) is 36.0 Å². The highest BCUT2D eigenvalue weighted by Gasteiger charge is 2.35. The van der Waals surface area contributed by atoms with Gasteiger partial charge in [0.15, 0.2) is 0 Å². The van der Waals surface area contributed by atoms with Gasteiger partial charge in [0.05, 0.1) is 23.4 Å². The van der Waals surface area contributed by atoms with Gasteiger partial charge in [-0.1, -0.05) is 46.3 Å². The Morgan fingerprint density at radius 2 is 1.44 bits per heavy atom. The number of hydrogen-bond donors (Lipinski definition) is 0. The van der Waals surface area contributed by atoms with Crippen molar-refractivity contribution in [3.8, 4) is 0 Å². The van der Waals surface area contributed by atoms with Crippen molar-refractivity contribution in [3.63, 3.8) is 0 Å². The highest BCUT2D eigenvalue weighted by atomic mass is 79.9. The van der Waals surface area contributed by atoms with Gasteiger partial charge in [-0.2, -0.15) is 0 Å². The molecule has 0 saturated carbocycles. The molecule has 0 fully saturated rings. The van der Waals surface area contributed by atoms with Crippen LogP contribution in [0.4, 0.5) is 5.69 Å². The molecular weight excluding hydrogens is 492 g/mol. The van der Waals surface area contributed by atoms with Crippen molar-refractivity contribution >= 4 is 56.7 Å². The summed E-state index contributed by atoms with van der Waals surface area (Å²) in [7, 11) is 0. The number of hydrogen-bond acceptors (Lipinski definition) is 5. The third-order valence-corrected chi connectivity index (χ3v) is 5.74. The van der Waals surface area contributed by atoms with E-state index in [1.54, 1.807) is 72.8 Å². The van der Waals surface area contributed by atoms with E-state index in [9.17, 15) is 14.4 Å². The molecule has 3 aromatic rings. The summed E-state index contributed by atoms with van der Waals surface area (Å²) >= 11 is 8.80. The molecule has 0 saturated heterocycles. The maximum absolute atomic E-state index is 13.2. The zero-order chi connectivity index (χ0) is 22.7. The topological polar surface area (TPSA) is 66.9 Å². The van der Waals surface area contributed by atoms with Gasteiger partial charge in [0, 0.05) is 10.0 Å². The number of carbonyl (C=O) groups is 3. The Labute approximate surface area is 198 Å². The summed E-state index contributed by atoms with van der Waals surface area (Å²) < 4.78 is 6.52. The Hall–Kier alpha value is -3.36. The second-order valence-corrected chi connectivity index (χ2v) is 8.17. The molecule has 1 aliphatic rings. The number of thiocarbonyl (C=S) groups is 1. The summed E-state index contributed by atoms with van der Waals surface area (Å²) in [5.74, 6) is -1.09. The molecule has 160 valence electrons. The number of amides is 3. The first-order valence-corrected chi connectivity index (χ1v) is 10.9. The van der Waals surface area contributed by atoms with Gasteiger partial charge in [0.2, 0.25) is 0 Å². The van der Waals surface area contributed by atoms with Crippen LogP contribution in [0.25, 0.3) is 0 Å². The Kier molecular flexibility index (Phi) is 6.43. The molecule has 1 aliphatic heterocycles. The van der Waals surface area contributed by atoms with Crippen molar-refractivity contribution in [2.24, 2.45) is 0 Å². The standard InChI is InChI=1S/C24H17BrN2O4S/c25-17-10-12-18(13-11-17)27(21(28)16-6-2-1-3-7-16)24(32)31-15-14-26-22(29)19-8-4-5-9-20(19)23(26)30/h1-13H,14-15H2. The summed E-state index contributed by atoms with van der Waals surface area (Å²) in [4.78, 5) is 40.6. The lowest BCUT2D eigenvalue weighted by molar-refractivity contribution is 0.0627. The molecular formula is C24H17BrN2O4S. The van der Waals surface area contributed by atoms with Gasteiger partial charge in [-0.15, -0.1) is 0 Å². The maximum Gasteiger partial charge on any atom is 0.271 e. The summed E-state index contributed by atoms with van der Waals surface area (Å²) in [6.45, 7) is -0.0282. The highest BCUT2D eigenvalue weighted by molar-refractivity contribution is 9.10. The second-order valence-electron chi connectivity index (χ2n) is 6.90. The van der Waals surface area contributed by atoms with Crippen LogP contribution in [0.3, 0.4) is 0 Å². The molecule has 0 radical (unpaired) electrons. The van der Waals surface area contributed by atoms with Gasteiger partial charge in [-0.25, -0.2) is 4.90 Å². The molecule has 0 spiro atoms. The van der Waals surface area contributed by atoms with E-state index in [2.05, 4.69) is 15.9 Å². The lowest BCUT2D eigenvalue weighted by Gasteiger charge is -2.24. The van der Waals surface area contributed by atoms with Gasteiger partial charge >= 0.3 is 0 Å². The zero-order valence-electron chi connectivity index (χ0n) is 16.7. The van der Waals surface area contributed by atoms with Gasteiger partial charge in [-0.3, -0.25) is 19.3 Å². The number of carbonyl (C=O) groups excluding carboxylic acids is 3. The van der Waals surface area contributed by atoms with Crippen LogP contribution in [0.5, 0.6) is 0 Å². The van der Waals surface area contributed by atoms with Crippen molar-refractivity contribution in [2.45, 2.75) is 0 Å². The fourth-order valence-electron chi connectivity index (χ4n) is 3.34. The number of imide groups is 1. The summed E-state index contributed by atoms with van der Waals surface area (Å²) in [5, 5.41) is -0.0715. The van der Waals surface area contributed by atoms with Gasteiger partial charge in [0.1, 0.15) is 6.61 Å². The van der Waals surface area contributed by atoms with Crippen LogP contribution in [0.1, 0.15) is 31.1 Å². The molecule has 0 unspecified atom stereocenters. The van der Waals surface area contributed by atoms with Gasteiger partial charge in [0.25, 0.3) is 22.9 Å². The SMILES string of the molecule is O=C1c2ccccc2C(=O)N1CCOC(=S)N(C(=O)c1ccccc1)c1ccc(Br)cc1. The van der Waals surface area contributed by atoms with Gasteiger partial charge in [-0.05, 0) is 60.7 Å². The minimum absolute atomic E-state index is 0.0141. The molecule has 0 aromatic heterocycles. The van der Waals surface area contributed by atoms with E-state index in [1.165, 1.54) is 4.90 Å². The molecule has 0 bridgehead atoms. The molecule has 0 N–H and O–H groups in total. The third-order valence-electron chi connectivity index (χ3n) is 4.91. The Bertz CT molecular complexity index is 1160. The average Bonchev–Trinajstić information content (AvgIpc) is 3.06. The molecule has 4 rings (SSSR count). The highest BCUT2D eigenvalue weighted by Crippen LogP contribution is 2.23. The number of benzene rings is 3. The first kappa shape index (κ1) is 21.9. The van der Waals surface area contributed by atoms with Crippen molar-refractivity contribution in [2.75, 3.05) is 18.1 Å². The number of fused-ring (bicyclic) bond motifs is 1. The van der Waals surface area contributed by atoms with Gasteiger partial charge < -0.3 is 4.74 Å². The van der Waals surface area contributed by atoms with E-state index in [4.69, 9.17) is 17.0 Å². The molecule has 3 amide bonds. The molecule has 32 heavy (non-hydrogen) atoms. The minimum Gasteiger partial charge on any atom is -0.468 e. The second kappa shape index (κ2) is 9.42. The molecule has 3 aromatic carbocycles. The fourth-order valence-corrected chi connectivity index (χ4v) is 3.87. The predicted octanol–water partition coefficient (Wildman–Crippen LogP) is 4.69. The summed E-state index contributed by atoms with van der Waals surface area (Å²) in [6.07, 6.45) is 0. The monoisotopic (exact) mass is 508 g/mol. The van der Waals surface area contributed by atoms with Crippen LogP contribution < -0.4 is 4.90 Å². The Balaban J connectivity index is 1.48. The first-order valence-electron chi connectivity index (χ1n) is 9.74. The molecule has 6 nitrogen and oxygen atoms in total.